The molecule has 0 aliphatic heterocycles. The molecule has 0 atom stereocenters. The molecule has 1 aromatic heterocycles. The number of carboxylic acids is 1. The van der Waals surface area contributed by atoms with Crippen molar-refractivity contribution in [2.75, 3.05) is 5.32 Å². The quantitative estimate of drug-likeness (QED) is 0.812. The number of carbonyl (C=O) groups excluding carboxylic acids is 1. The normalized spacial score (nSPS) is 9.81. The van der Waals surface area contributed by atoms with Crippen molar-refractivity contribution in [2.24, 2.45) is 0 Å². The zero-order chi connectivity index (χ0) is 12.0. The minimum atomic E-state index is -0.895. The van der Waals surface area contributed by atoms with Crippen LogP contribution in [0.15, 0.2) is 22.8 Å². The van der Waals surface area contributed by atoms with Gasteiger partial charge in [-0.2, -0.15) is 0 Å². The number of halogens is 1. The molecule has 1 aromatic rings. The minimum absolute atomic E-state index is 0.000662. The highest BCUT2D eigenvalue weighted by molar-refractivity contribution is 9.10. The predicted molar refractivity (Wildman–Crippen MR) is 62.1 cm³/mol. The molecule has 0 fully saturated rings. The Labute approximate surface area is 101 Å². The van der Waals surface area contributed by atoms with Gasteiger partial charge >= 0.3 is 5.97 Å². The number of hydrogen-bond acceptors (Lipinski definition) is 3. The highest BCUT2D eigenvalue weighted by Gasteiger charge is 2.05. The zero-order valence-electron chi connectivity index (χ0n) is 8.44. The van der Waals surface area contributed by atoms with E-state index in [0.717, 1.165) is 0 Å². The van der Waals surface area contributed by atoms with E-state index in [0.29, 0.717) is 16.8 Å². The van der Waals surface area contributed by atoms with Crippen molar-refractivity contribution in [3.05, 3.63) is 22.8 Å². The van der Waals surface area contributed by atoms with E-state index in [1.807, 2.05) is 0 Å². The number of nitrogens with zero attached hydrogens (tertiary/aromatic N) is 1. The molecule has 16 heavy (non-hydrogen) atoms. The number of pyridine rings is 1. The van der Waals surface area contributed by atoms with Crippen LogP contribution in [0.1, 0.15) is 19.3 Å². The van der Waals surface area contributed by atoms with E-state index in [9.17, 15) is 9.59 Å². The smallest absolute Gasteiger partial charge is 0.303 e. The minimum Gasteiger partial charge on any atom is -0.481 e. The van der Waals surface area contributed by atoms with Gasteiger partial charge in [-0.15, -0.1) is 0 Å². The molecule has 1 amide bonds. The van der Waals surface area contributed by atoms with Gasteiger partial charge < -0.3 is 10.4 Å². The van der Waals surface area contributed by atoms with E-state index in [1.54, 1.807) is 18.2 Å². The Morgan fingerprint density at radius 3 is 2.75 bits per heavy atom. The van der Waals surface area contributed by atoms with Crippen LogP contribution in [0.25, 0.3) is 0 Å². The monoisotopic (exact) mass is 286 g/mol. The number of carboxylic acid groups (broad SMARTS) is 1. The Bertz CT molecular complexity index is 395. The molecule has 0 saturated heterocycles. The zero-order valence-corrected chi connectivity index (χ0v) is 10.0. The second kappa shape index (κ2) is 6.22. The number of aromatic nitrogens is 1. The van der Waals surface area contributed by atoms with Crippen molar-refractivity contribution in [2.45, 2.75) is 19.3 Å². The summed E-state index contributed by atoms with van der Waals surface area (Å²) in [6.45, 7) is 0. The van der Waals surface area contributed by atoms with Crippen LogP contribution in [-0.4, -0.2) is 22.0 Å². The second-order valence-electron chi connectivity index (χ2n) is 3.14. The molecule has 0 spiro atoms. The van der Waals surface area contributed by atoms with Crippen molar-refractivity contribution in [1.82, 2.24) is 4.98 Å². The maximum absolute atomic E-state index is 11.3. The Hall–Kier alpha value is -1.43. The molecule has 2 N–H and O–H groups in total. The van der Waals surface area contributed by atoms with Gasteiger partial charge in [-0.25, -0.2) is 4.98 Å². The second-order valence-corrected chi connectivity index (χ2v) is 3.95. The van der Waals surface area contributed by atoms with Crippen LogP contribution in [0.2, 0.25) is 0 Å². The van der Waals surface area contributed by atoms with Crippen LogP contribution >= 0.6 is 15.9 Å². The Kier molecular flexibility index (Phi) is 4.91. The summed E-state index contributed by atoms with van der Waals surface area (Å²) in [6, 6.07) is 5.17. The summed E-state index contributed by atoms with van der Waals surface area (Å²) >= 11 is 3.18. The molecule has 0 unspecified atom stereocenters. The highest BCUT2D eigenvalue weighted by atomic mass is 79.9. The van der Waals surface area contributed by atoms with Crippen LogP contribution in [0.3, 0.4) is 0 Å². The van der Waals surface area contributed by atoms with Crippen LogP contribution in [0.5, 0.6) is 0 Å². The summed E-state index contributed by atoms with van der Waals surface area (Å²) in [5, 5.41) is 11.0. The van der Waals surface area contributed by atoms with Gasteiger partial charge in [0, 0.05) is 12.8 Å². The van der Waals surface area contributed by atoms with Gasteiger partial charge in [0.2, 0.25) is 5.91 Å². The fourth-order valence-corrected chi connectivity index (χ4v) is 1.43. The molecule has 0 aliphatic carbocycles. The highest BCUT2D eigenvalue weighted by Crippen LogP contribution is 2.10. The van der Waals surface area contributed by atoms with E-state index in [1.165, 1.54) is 0 Å². The van der Waals surface area contributed by atoms with Gasteiger partial charge in [-0.3, -0.25) is 9.59 Å². The van der Waals surface area contributed by atoms with E-state index in [2.05, 4.69) is 26.2 Å². The summed E-state index contributed by atoms with van der Waals surface area (Å²) < 4.78 is 0.635. The molecule has 86 valence electrons. The predicted octanol–water partition coefficient (Wildman–Crippen LogP) is 2.04. The fraction of sp³-hybridized carbons (Fsp3) is 0.300. The first-order valence-corrected chi connectivity index (χ1v) is 5.51. The first kappa shape index (κ1) is 12.6. The number of hydrogen-bond donors (Lipinski definition) is 2. The van der Waals surface area contributed by atoms with Crippen LogP contribution < -0.4 is 5.32 Å². The van der Waals surface area contributed by atoms with Crippen LogP contribution in [-0.2, 0) is 9.59 Å². The van der Waals surface area contributed by atoms with Gasteiger partial charge in [-0.05, 0) is 34.5 Å². The number of nitrogens with one attached hydrogen (secondary N) is 1. The third kappa shape index (κ3) is 4.88. The first-order valence-electron chi connectivity index (χ1n) is 4.72. The van der Waals surface area contributed by atoms with Crippen molar-refractivity contribution in [1.29, 1.82) is 0 Å². The number of amides is 1. The van der Waals surface area contributed by atoms with Crippen molar-refractivity contribution >= 4 is 33.6 Å². The van der Waals surface area contributed by atoms with Gasteiger partial charge in [-0.1, -0.05) is 6.07 Å². The van der Waals surface area contributed by atoms with E-state index in [4.69, 9.17) is 5.11 Å². The number of carbonyl (C=O) groups is 2. The summed E-state index contributed by atoms with van der Waals surface area (Å²) in [5.74, 6) is -0.671. The van der Waals surface area contributed by atoms with Gasteiger partial charge in [0.25, 0.3) is 0 Å². The number of rotatable bonds is 5. The Morgan fingerprint density at radius 1 is 1.38 bits per heavy atom. The topological polar surface area (TPSA) is 79.3 Å². The lowest BCUT2D eigenvalue weighted by atomic mass is 10.2. The molecule has 0 aromatic carbocycles. The lowest BCUT2D eigenvalue weighted by Gasteiger charge is -2.03. The average molecular weight is 287 g/mol. The van der Waals surface area contributed by atoms with Gasteiger partial charge in [0.1, 0.15) is 10.4 Å². The first-order chi connectivity index (χ1) is 7.58. The molecule has 0 saturated carbocycles. The standard InChI is InChI=1S/C10H11BrN2O3/c11-7-3-1-4-8(12-7)13-9(14)5-2-6-10(15)16/h1,3-4H,2,5-6H2,(H,15,16)(H,12,13,14). The number of anilines is 1. The van der Waals surface area contributed by atoms with Crippen LogP contribution in [0, 0.1) is 0 Å². The molecule has 6 heteroatoms. The van der Waals surface area contributed by atoms with E-state index < -0.39 is 5.97 Å². The lowest BCUT2D eigenvalue weighted by molar-refractivity contribution is -0.137. The fourth-order valence-electron chi connectivity index (χ4n) is 1.08. The molecule has 0 aliphatic rings. The SMILES string of the molecule is O=C(O)CCCC(=O)Nc1cccc(Br)n1. The van der Waals surface area contributed by atoms with E-state index in [-0.39, 0.29) is 18.7 Å². The van der Waals surface area contributed by atoms with Crippen molar-refractivity contribution in [3.8, 4) is 0 Å². The average Bonchev–Trinajstić information content (AvgIpc) is 2.16. The third-order valence-electron chi connectivity index (χ3n) is 1.78. The lowest BCUT2D eigenvalue weighted by Crippen LogP contribution is -2.12. The molecule has 1 rings (SSSR count). The molecule has 5 nitrogen and oxygen atoms in total. The van der Waals surface area contributed by atoms with Gasteiger partial charge in [0.15, 0.2) is 0 Å². The van der Waals surface area contributed by atoms with E-state index >= 15 is 0 Å². The maximum atomic E-state index is 11.3. The molecular formula is C10H11BrN2O3. The molecular weight excluding hydrogens is 276 g/mol. The maximum Gasteiger partial charge on any atom is 0.303 e. The molecule has 0 bridgehead atoms. The molecule has 1 heterocycles. The van der Waals surface area contributed by atoms with Crippen molar-refractivity contribution < 1.29 is 14.7 Å². The summed E-state index contributed by atoms with van der Waals surface area (Å²) in [5.41, 5.74) is 0. The summed E-state index contributed by atoms with van der Waals surface area (Å²) in [6.07, 6.45) is 0.509. The summed E-state index contributed by atoms with van der Waals surface area (Å²) in [4.78, 5) is 25.6. The van der Waals surface area contributed by atoms with Crippen molar-refractivity contribution in [3.63, 3.8) is 0 Å². The number of aliphatic carboxylic acids is 1. The molecule has 0 radical (unpaired) electrons. The largest absolute Gasteiger partial charge is 0.481 e. The third-order valence-corrected chi connectivity index (χ3v) is 2.22. The van der Waals surface area contributed by atoms with Gasteiger partial charge in [0.05, 0.1) is 0 Å². The Balaban J connectivity index is 2.37. The van der Waals surface area contributed by atoms with Crippen LogP contribution in [0.4, 0.5) is 5.82 Å². The summed E-state index contributed by atoms with van der Waals surface area (Å²) in [7, 11) is 0. The Morgan fingerprint density at radius 2 is 2.12 bits per heavy atom.